The minimum Gasteiger partial charge on any atom is -0.303 e. The maximum atomic E-state index is 4.48. The molecule has 1 aliphatic rings. The van der Waals surface area contributed by atoms with Gasteiger partial charge >= 0.3 is 0 Å². The lowest BCUT2D eigenvalue weighted by Crippen LogP contribution is -2.27. The quantitative estimate of drug-likeness (QED) is 0.0266. The number of aliphatic imine (C=N–C) groups is 1. The second kappa shape index (κ2) is 37.6. The van der Waals surface area contributed by atoms with Crippen molar-refractivity contribution in [2.24, 2.45) is 28.2 Å². The Morgan fingerprint density at radius 1 is 0.714 bits per heavy atom. The summed E-state index contributed by atoms with van der Waals surface area (Å²) < 4.78 is 0. The molecule has 0 aromatic carbocycles. The van der Waals surface area contributed by atoms with Crippen LogP contribution in [0.2, 0.25) is 0 Å². The van der Waals surface area contributed by atoms with E-state index in [1.807, 2.05) is 13.1 Å². The molecular formula is C54H100N2. The Labute approximate surface area is 353 Å². The fourth-order valence-electron chi connectivity index (χ4n) is 9.19. The maximum Gasteiger partial charge on any atom is 0.0609 e. The molecule has 1 rings (SSSR count). The van der Waals surface area contributed by atoms with Crippen LogP contribution < -0.4 is 0 Å². The molecule has 1 aliphatic carbocycles. The summed E-state index contributed by atoms with van der Waals surface area (Å²) in [5.74, 6) is 2.65. The number of rotatable bonds is 37. The van der Waals surface area contributed by atoms with Crippen LogP contribution in [0.3, 0.4) is 0 Å². The molecule has 0 saturated heterocycles. The predicted molar refractivity (Wildman–Crippen MR) is 258 cm³/mol. The minimum atomic E-state index is 0.503. The summed E-state index contributed by atoms with van der Waals surface area (Å²) in [6.07, 6.45) is 48.3. The molecule has 0 aromatic heterocycles. The summed E-state index contributed by atoms with van der Waals surface area (Å²) in [5.41, 5.74) is 4.24. The van der Waals surface area contributed by atoms with Crippen molar-refractivity contribution < 1.29 is 0 Å². The van der Waals surface area contributed by atoms with Gasteiger partial charge in [-0.15, -0.1) is 6.58 Å². The van der Waals surface area contributed by atoms with Crippen LogP contribution in [0.15, 0.2) is 65.9 Å². The molecule has 0 aliphatic heterocycles. The molecular weight excluding hydrogens is 677 g/mol. The predicted octanol–water partition coefficient (Wildman–Crippen LogP) is 18.0. The van der Waals surface area contributed by atoms with Crippen LogP contribution in [0.4, 0.5) is 0 Å². The molecule has 2 heteroatoms. The van der Waals surface area contributed by atoms with Crippen molar-refractivity contribution in [2.75, 3.05) is 19.6 Å². The van der Waals surface area contributed by atoms with E-state index < -0.39 is 0 Å². The Hall–Kier alpha value is -1.67. The molecule has 2 nitrogen and oxygen atoms in total. The fourth-order valence-corrected chi connectivity index (χ4v) is 9.19. The van der Waals surface area contributed by atoms with Crippen molar-refractivity contribution in [1.29, 1.82) is 0 Å². The third-order valence-corrected chi connectivity index (χ3v) is 12.8. The first kappa shape index (κ1) is 54.3. The first-order chi connectivity index (χ1) is 27.1. The normalized spacial score (nSPS) is 17.1. The molecule has 0 heterocycles. The standard InChI is InChI=1S/C42H78N2.C12H22/c1-8-13-16-17-18-21-26-36-44(38-29-32-40(7)42(11-4)43-12-5)37-27-22-19-20-25-30-39(6)31-28-35-41(33-23-14-9-2)34-24-15-10-3;1-5-11(6-2)12(4)8-7-10(3)9-12/h8,11-12,41H,1,6-7,9-10,13-38H2,2-5H3;7-8,10-11H,5-6,9H2,1-4H3/b42-11-,43-12?;. The second-order valence-corrected chi connectivity index (χ2v) is 18.0. The second-order valence-electron chi connectivity index (χ2n) is 18.0. The van der Waals surface area contributed by atoms with E-state index in [1.165, 1.54) is 204 Å². The minimum absolute atomic E-state index is 0.503. The van der Waals surface area contributed by atoms with Gasteiger partial charge in [0.05, 0.1) is 5.70 Å². The van der Waals surface area contributed by atoms with Gasteiger partial charge in [0.1, 0.15) is 0 Å². The summed E-state index contributed by atoms with van der Waals surface area (Å²) >= 11 is 0. The van der Waals surface area contributed by atoms with E-state index in [0.29, 0.717) is 5.41 Å². The van der Waals surface area contributed by atoms with Gasteiger partial charge in [0.15, 0.2) is 0 Å². The average Bonchev–Trinajstić information content (AvgIpc) is 3.54. The Morgan fingerprint density at radius 3 is 1.77 bits per heavy atom. The molecule has 326 valence electrons. The van der Waals surface area contributed by atoms with E-state index in [9.17, 15) is 0 Å². The van der Waals surface area contributed by atoms with Gasteiger partial charge in [0.2, 0.25) is 0 Å². The monoisotopic (exact) mass is 777 g/mol. The van der Waals surface area contributed by atoms with Gasteiger partial charge in [-0.2, -0.15) is 0 Å². The Balaban J connectivity index is 0.00000212. The number of nitrogens with zero attached hydrogens (tertiary/aromatic N) is 2. The summed E-state index contributed by atoms with van der Waals surface area (Å²) in [6.45, 7) is 34.4. The van der Waals surface area contributed by atoms with Crippen LogP contribution in [0.5, 0.6) is 0 Å². The van der Waals surface area contributed by atoms with Crippen molar-refractivity contribution in [3.05, 3.63) is 60.9 Å². The highest BCUT2D eigenvalue weighted by molar-refractivity contribution is 5.56. The van der Waals surface area contributed by atoms with Crippen molar-refractivity contribution >= 4 is 6.21 Å². The van der Waals surface area contributed by atoms with Crippen LogP contribution in [-0.2, 0) is 0 Å². The molecule has 0 fully saturated rings. The zero-order valence-electron chi connectivity index (χ0n) is 39.6. The van der Waals surface area contributed by atoms with E-state index in [4.69, 9.17) is 0 Å². The topological polar surface area (TPSA) is 15.6 Å². The van der Waals surface area contributed by atoms with Crippen LogP contribution >= 0.6 is 0 Å². The summed E-state index contributed by atoms with van der Waals surface area (Å²) in [5, 5.41) is 0. The maximum absolute atomic E-state index is 4.48. The highest BCUT2D eigenvalue weighted by Crippen LogP contribution is 2.44. The molecule has 0 radical (unpaired) electrons. The number of allylic oxidation sites excluding steroid dienone is 6. The van der Waals surface area contributed by atoms with Gasteiger partial charge < -0.3 is 4.90 Å². The number of hydrogen-bond acceptors (Lipinski definition) is 2. The average molecular weight is 777 g/mol. The number of hydrogen-bond donors (Lipinski definition) is 0. The molecule has 0 aromatic rings. The molecule has 56 heavy (non-hydrogen) atoms. The highest BCUT2D eigenvalue weighted by atomic mass is 15.1. The van der Waals surface area contributed by atoms with Crippen LogP contribution in [-0.4, -0.2) is 30.7 Å². The van der Waals surface area contributed by atoms with Gasteiger partial charge in [-0.25, -0.2) is 0 Å². The SMILES string of the molecule is C=CCCCCCCCN(CCCCCCCC(=C)CCCC(CCCCC)CCCCC)CCCC(=C)/C(=C/C)N=CC.CCC(CC)C1(C)C=CC(C)C1. The molecule has 0 amide bonds. The van der Waals surface area contributed by atoms with E-state index in [0.717, 1.165) is 29.9 Å². The van der Waals surface area contributed by atoms with Crippen LogP contribution in [0.25, 0.3) is 0 Å². The van der Waals surface area contributed by atoms with Gasteiger partial charge in [-0.05, 0) is 133 Å². The van der Waals surface area contributed by atoms with E-state index in [2.05, 4.69) is 102 Å². The third kappa shape index (κ3) is 28.7. The third-order valence-electron chi connectivity index (χ3n) is 12.8. The summed E-state index contributed by atoms with van der Waals surface area (Å²) in [7, 11) is 0. The molecule has 2 atom stereocenters. The van der Waals surface area contributed by atoms with Crippen LogP contribution in [0, 0.1) is 23.2 Å². The molecule has 0 bridgehead atoms. The van der Waals surface area contributed by atoms with Crippen molar-refractivity contribution in [2.45, 2.75) is 235 Å². The fraction of sp³-hybridized carbons (Fsp3) is 0.796. The zero-order chi connectivity index (χ0) is 41.7. The Morgan fingerprint density at radius 2 is 1.25 bits per heavy atom. The van der Waals surface area contributed by atoms with Gasteiger partial charge in [-0.1, -0.05) is 194 Å². The largest absolute Gasteiger partial charge is 0.303 e. The van der Waals surface area contributed by atoms with Crippen LogP contribution in [0.1, 0.15) is 235 Å². The summed E-state index contributed by atoms with van der Waals surface area (Å²) in [6, 6.07) is 0. The lowest BCUT2D eigenvalue weighted by atomic mass is 9.73. The Bertz CT molecular complexity index is 1020. The van der Waals surface area contributed by atoms with Crippen molar-refractivity contribution in [3.63, 3.8) is 0 Å². The molecule has 2 unspecified atom stereocenters. The van der Waals surface area contributed by atoms with Gasteiger partial charge in [-0.3, -0.25) is 4.99 Å². The van der Waals surface area contributed by atoms with Gasteiger partial charge in [0, 0.05) is 6.21 Å². The van der Waals surface area contributed by atoms with E-state index >= 15 is 0 Å². The first-order valence-corrected chi connectivity index (χ1v) is 24.7. The smallest absolute Gasteiger partial charge is 0.0609 e. The van der Waals surface area contributed by atoms with Gasteiger partial charge in [0.25, 0.3) is 0 Å². The lowest BCUT2D eigenvalue weighted by Gasteiger charge is -2.32. The van der Waals surface area contributed by atoms with Crippen molar-refractivity contribution in [3.8, 4) is 0 Å². The molecule has 0 spiro atoms. The highest BCUT2D eigenvalue weighted by Gasteiger charge is 2.33. The zero-order valence-corrected chi connectivity index (χ0v) is 39.6. The molecule has 0 N–H and O–H groups in total. The Kier molecular flexibility index (Phi) is 36.5. The molecule has 0 saturated carbocycles. The summed E-state index contributed by atoms with van der Waals surface area (Å²) in [4.78, 5) is 7.22. The van der Waals surface area contributed by atoms with E-state index in [1.54, 1.807) is 0 Å². The van der Waals surface area contributed by atoms with Crippen molar-refractivity contribution in [1.82, 2.24) is 4.90 Å². The lowest BCUT2D eigenvalue weighted by molar-refractivity contribution is 0.221. The first-order valence-electron chi connectivity index (χ1n) is 24.7. The van der Waals surface area contributed by atoms with E-state index in [-0.39, 0.29) is 0 Å². The number of unbranched alkanes of at least 4 members (excludes halogenated alkanes) is 13.